The van der Waals surface area contributed by atoms with Gasteiger partial charge in [0.05, 0.1) is 24.9 Å². The molecule has 0 spiro atoms. The molecule has 0 amide bonds. The summed E-state index contributed by atoms with van der Waals surface area (Å²) < 4.78 is 57.0. The molecule has 56 heavy (non-hydrogen) atoms. The summed E-state index contributed by atoms with van der Waals surface area (Å²) in [5.41, 5.74) is 7.95. The van der Waals surface area contributed by atoms with Crippen LogP contribution < -0.4 is 0 Å². The molecule has 0 radical (unpaired) electrons. The van der Waals surface area contributed by atoms with Crippen LogP contribution in [0.15, 0.2) is 194 Å². The van der Waals surface area contributed by atoms with Crippen LogP contribution in [0.2, 0.25) is 0 Å². The summed E-state index contributed by atoms with van der Waals surface area (Å²) in [5, 5.41) is 2.66. The van der Waals surface area contributed by atoms with Gasteiger partial charge in [-0.25, -0.2) is 15.0 Å². The third kappa shape index (κ3) is 5.32. The lowest BCUT2D eigenvalue weighted by molar-refractivity contribution is 1.07. The van der Waals surface area contributed by atoms with Crippen LogP contribution in [-0.4, -0.2) is 19.5 Å². The molecule has 0 aliphatic carbocycles. The minimum Gasteiger partial charge on any atom is -0.309 e. The van der Waals surface area contributed by atoms with E-state index in [0.717, 1.165) is 44.1 Å². The van der Waals surface area contributed by atoms with Crippen molar-refractivity contribution in [3.63, 3.8) is 0 Å². The zero-order valence-corrected chi connectivity index (χ0v) is 30.5. The van der Waals surface area contributed by atoms with Gasteiger partial charge in [0.2, 0.25) is 0 Å². The fourth-order valence-corrected chi connectivity index (χ4v) is 8.79. The van der Waals surface area contributed by atoms with Crippen molar-refractivity contribution < 1.29 is 8.22 Å². The molecule has 11 rings (SSSR count). The van der Waals surface area contributed by atoms with Crippen LogP contribution in [0.3, 0.4) is 0 Å². The Kier molecular flexibility index (Phi) is 6.29. The summed E-state index contributed by atoms with van der Waals surface area (Å²) >= 11 is 1.23. The number of aromatic nitrogens is 4. The number of rotatable bonds is 6. The summed E-state index contributed by atoms with van der Waals surface area (Å²) in [6.07, 6.45) is 0. The van der Waals surface area contributed by atoms with Crippen molar-refractivity contribution in [3.8, 4) is 62.1 Å². The molecule has 8 aromatic carbocycles. The van der Waals surface area contributed by atoms with Crippen LogP contribution in [0, 0.1) is 0 Å². The van der Waals surface area contributed by atoms with Crippen molar-refractivity contribution in [2.75, 3.05) is 0 Å². The van der Waals surface area contributed by atoms with Crippen LogP contribution in [0.5, 0.6) is 0 Å². The van der Waals surface area contributed by atoms with Crippen molar-refractivity contribution in [2.45, 2.75) is 0 Å². The van der Waals surface area contributed by atoms with E-state index in [1.807, 2.05) is 109 Å². The molecule has 3 aromatic heterocycles. The third-order valence-corrected chi connectivity index (χ3v) is 11.4. The second kappa shape index (κ2) is 13.3. The maximum Gasteiger partial charge on any atom is 0.164 e. The van der Waals surface area contributed by atoms with Gasteiger partial charge in [-0.3, -0.25) is 0 Å². The van der Waals surface area contributed by atoms with Gasteiger partial charge in [-0.1, -0.05) is 170 Å². The number of hydrogen-bond acceptors (Lipinski definition) is 4. The summed E-state index contributed by atoms with van der Waals surface area (Å²) in [6, 6.07) is 50.8. The van der Waals surface area contributed by atoms with Gasteiger partial charge >= 0.3 is 0 Å². The van der Waals surface area contributed by atoms with Crippen molar-refractivity contribution >= 4 is 53.3 Å². The molecule has 0 bridgehead atoms. The Hall–Kier alpha value is -7.21. The van der Waals surface area contributed by atoms with E-state index in [0.29, 0.717) is 60.0 Å². The normalized spacial score (nSPS) is 13.1. The van der Waals surface area contributed by atoms with Crippen molar-refractivity contribution in [1.29, 1.82) is 0 Å². The summed E-state index contributed by atoms with van der Waals surface area (Å²) in [5.74, 6) is 1.45. The lowest BCUT2D eigenvalue weighted by Gasteiger charge is -2.17. The van der Waals surface area contributed by atoms with Crippen molar-refractivity contribution in [1.82, 2.24) is 19.5 Å². The first-order valence-corrected chi connectivity index (χ1v) is 19.1. The molecule has 0 N–H and O–H groups in total. The molecule has 11 aromatic rings. The van der Waals surface area contributed by atoms with E-state index < -0.39 is 0 Å². The van der Waals surface area contributed by atoms with Crippen LogP contribution >= 0.6 is 11.3 Å². The molecule has 4 nitrogen and oxygen atoms in total. The molecule has 0 aliphatic rings. The molecule has 262 valence electrons. The highest BCUT2D eigenvalue weighted by Crippen LogP contribution is 2.44. The summed E-state index contributed by atoms with van der Waals surface area (Å²) in [7, 11) is 0. The summed E-state index contributed by atoms with van der Waals surface area (Å²) in [6.45, 7) is 0. The number of fused-ring (bicyclic) bond motifs is 6. The van der Waals surface area contributed by atoms with Crippen molar-refractivity contribution in [2.24, 2.45) is 0 Å². The lowest BCUT2D eigenvalue weighted by Crippen LogP contribution is -2.03. The van der Waals surface area contributed by atoms with Gasteiger partial charge in [-0.15, -0.1) is 11.3 Å². The van der Waals surface area contributed by atoms with Crippen LogP contribution in [0.25, 0.3) is 104 Å². The zero-order chi connectivity index (χ0) is 42.2. The van der Waals surface area contributed by atoms with E-state index in [1.54, 1.807) is 0 Å². The van der Waals surface area contributed by atoms with E-state index in [1.165, 1.54) is 17.4 Å². The Morgan fingerprint density at radius 3 is 1.77 bits per heavy atom. The molecular weight excluding hydrogens is 701 g/mol. The highest BCUT2D eigenvalue weighted by atomic mass is 32.1. The predicted octanol–water partition coefficient (Wildman–Crippen LogP) is 13.7. The first-order chi connectivity index (χ1) is 30.3. The Balaban J connectivity index is 1.24. The van der Waals surface area contributed by atoms with E-state index in [9.17, 15) is 1.37 Å². The Labute approximate surface area is 336 Å². The summed E-state index contributed by atoms with van der Waals surface area (Å²) in [4.78, 5) is 15.4. The van der Waals surface area contributed by atoms with Gasteiger partial charge < -0.3 is 4.57 Å². The van der Waals surface area contributed by atoms with Gasteiger partial charge in [0.1, 0.15) is 0 Å². The molecule has 0 saturated carbocycles. The van der Waals surface area contributed by atoms with Crippen LogP contribution in [-0.2, 0) is 0 Å². The van der Waals surface area contributed by atoms with Gasteiger partial charge in [0.15, 0.2) is 17.5 Å². The average Bonchev–Trinajstić information content (AvgIpc) is 3.88. The molecule has 5 heteroatoms. The second-order valence-corrected chi connectivity index (χ2v) is 14.5. The number of hydrogen-bond donors (Lipinski definition) is 0. The predicted molar refractivity (Wildman–Crippen MR) is 234 cm³/mol. The topological polar surface area (TPSA) is 43.6 Å². The zero-order valence-electron chi connectivity index (χ0n) is 35.7. The Morgan fingerprint density at radius 1 is 0.411 bits per heavy atom. The number of benzene rings is 8. The molecule has 0 unspecified atom stereocenters. The van der Waals surface area contributed by atoms with Gasteiger partial charge in [0, 0.05) is 58.8 Å². The average molecular weight is 739 g/mol. The second-order valence-electron chi connectivity index (χ2n) is 13.5. The SMILES string of the molecule is [2H]c1cc([2H])c2sc3c(-c4ccc(-c5nc(-c6ccccc6)nc(-c6ccccc6-c6ccccc6)n5)cc4-n4c5ccccc5c5ccccc54)c([2H])c([2H])c([2H])c3c2c1[2H]. The van der Waals surface area contributed by atoms with Crippen LogP contribution in [0.4, 0.5) is 0 Å². The third-order valence-electron chi connectivity index (χ3n) is 10.2. The minimum atomic E-state index is -0.294. The molecule has 0 fully saturated rings. The maximum atomic E-state index is 9.51. The van der Waals surface area contributed by atoms with E-state index in [-0.39, 0.29) is 36.3 Å². The molecule has 3 heterocycles. The van der Waals surface area contributed by atoms with E-state index in [2.05, 4.69) is 47.0 Å². The standard InChI is InChI=1S/C51H32N4S/c1-3-16-33(17-4-1)36-20-7-8-24-43(36)51-53-49(34-18-5-2-6-19-34)52-50(54-51)35-30-31-39(41-25-15-26-42-40-23-11-14-29-47(40)56-48(41)42)46(32-35)55-44-27-12-9-21-37(44)38-22-10-13-28-45(38)55/h1-32H/i11D,15D,23D,25D,26D,29D. The largest absolute Gasteiger partial charge is 0.309 e. The van der Waals surface area contributed by atoms with Gasteiger partial charge in [-0.05, 0) is 35.4 Å². The lowest BCUT2D eigenvalue weighted by atomic mass is 9.98. The van der Waals surface area contributed by atoms with Crippen LogP contribution in [0.1, 0.15) is 8.22 Å². The smallest absolute Gasteiger partial charge is 0.164 e. The maximum absolute atomic E-state index is 9.51. The molecule has 0 atom stereocenters. The van der Waals surface area contributed by atoms with E-state index in [4.69, 9.17) is 21.8 Å². The monoisotopic (exact) mass is 738 g/mol. The highest BCUT2D eigenvalue weighted by molar-refractivity contribution is 7.26. The fraction of sp³-hybridized carbons (Fsp3) is 0. The van der Waals surface area contributed by atoms with E-state index >= 15 is 0 Å². The number of nitrogens with zero attached hydrogens (tertiary/aromatic N) is 4. The highest BCUT2D eigenvalue weighted by Gasteiger charge is 2.21. The molecular formula is C51H32N4S. The first-order valence-electron chi connectivity index (χ1n) is 21.3. The Bertz CT molecular complexity index is 3550. The van der Waals surface area contributed by atoms with Gasteiger partial charge in [-0.2, -0.15) is 0 Å². The quantitative estimate of drug-likeness (QED) is 0.171. The first kappa shape index (κ1) is 26.5. The molecule has 0 aliphatic heterocycles. The Morgan fingerprint density at radius 2 is 1.02 bits per heavy atom. The number of thiophene rings is 1. The fourth-order valence-electron chi connectivity index (χ4n) is 7.70. The molecule has 0 saturated heterocycles. The van der Waals surface area contributed by atoms with Crippen molar-refractivity contribution in [3.05, 3.63) is 194 Å². The number of para-hydroxylation sites is 2. The van der Waals surface area contributed by atoms with Gasteiger partial charge in [0.25, 0.3) is 0 Å². The minimum absolute atomic E-state index is 0.0669.